The zero-order valence-corrected chi connectivity index (χ0v) is 69.6. The summed E-state index contributed by atoms with van der Waals surface area (Å²) >= 11 is 3.39. The number of carboxylic acid groups (broad SMARTS) is 1. The van der Waals surface area contributed by atoms with E-state index in [1.165, 1.54) is 7.11 Å². The van der Waals surface area contributed by atoms with Crippen molar-refractivity contribution in [1.29, 1.82) is 0 Å². The fourth-order valence-corrected chi connectivity index (χ4v) is 9.16. The molecule has 6 rings (SSSR count). The third-order valence-corrected chi connectivity index (χ3v) is 13.8. The number of methoxy groups -OCH3 is 3. The van der Waals surface area contributed by atoms with E-state index in [1.807, 2.05) is 48.5 Å². The van der Waals surface area contributed by atoms with Crippen molar-refractivity contribution in [2.24, 2.45) is 22.1 Å². The van der Waals surface area contributed by atoms with Crippen LogP contribution in [0.3, 0.4) is 0 Å². The Morgan fingerprint density at radius 1 is 0.684 bits per heavy atom. The van der Waals surface area contributed by atoms with Crippen LogP contribution in [0.4, 0.5) is 10.6 Å². The van der Waals surface area contributed by atoms with Crippen molar-refractivity contribution in [2.45, 2.75) is 90.8 Å². The number of aryl methyl sites for hydroxylation is 1. The molecule has 0 spiro atoms. The van der Waals surface area contributed by atoms with Gasteiger partial charge < -0.3 is 73.8 Å². The van der Waals surface area contributed by atoms with E-state index in [4.69, 9.17) is 68.5 Å². The Bertz CT molecular complexity index is 3030. The summed E-state index contributed by atoms with van der Waals surface area (Å²) in [6.07, 6.45) is 6.90. The van der Waals surface area contributed by atoms with Crippen molar-refractivity contribution in [3.8, 4) is 23.0 Å². The Morgan fingerprint density at radius 3 is 1.65 bits per heavy atom. The van der Waals surface area contributed by atoms with Crippen LogP contribution in [-0.2, 0) is 89.6 Å². The van der Waals surface area contributed by atoms with E-state index in [0.717, 1.165) is 76.2 Å². The number of halogens is 1. The van der Waals surface area contributed by atoms with Crippen LogP contribution < -0.4 is 167 Å². The van der Waals surface area contributed by atoms with Gasteiger partial charge in [-0.1, -0.05) is 38.3 Å². The molecule has 0 saturated heterocycles. The second kappa shape index (κ2) is 53.5. The maximum atomic E-state index is 13.3. The molecule has 33 heteroatoms. The Kier molecular flexibility index (Phi) is 49.9. The normalized spacial score (nSPS) is 13.6. The number of carbonyl (C=O) groups excluding carboxylic acids is 5. The van der Waals surface area contributed by atoms with Gasteiger partial charge in [-0.15, -0.1) is 0 Å². The Balaban J connectivity index is 0.00000147. The van der Waals surface area contributed by atoms with Gasteiger partial charge in [-0.3, -0.25) is 34.3 Å². The van der Waals surface area contributed by atoms with Crippen molar-refractivity contribution in [3.63, 3.8) is 0 Å². The van der Waals surface area contributed by atoms with Crippen molar-refractivity contribution in [2.75, 3.05) is 124 Å². The topological polar surface area (TPSA) is 389 Å². The smallest absolute Gasteiger partial charge is 1.00 e. The van der Waals surface area contributed by atoms with Gasteiger partial charge in [-0.2, -0.15) is 0 Å². The zero-order chi connectivity index (χ0) is 68.1. The molecule has 2 aromatic heterocycles. The predicted molar refractivity (Wildman–Crippen MR) is 340 cm³/mol. The van der Waals surface area contributed by atoms with Crippen molar-refractivity contribution in [1.82, 2.24) is 19.8 Å². The number of esters is 1. The molecule has 512 valence electrons. The maximum absolute atomic E-state index is 13.3. The van der Waals surface area contributed by atoms with Gasteiger partial charge in [0.25, 0.3) is 6.47 Å². The van der Waals surface area contributed by atoms with Gasteiger partial charge in [-0.25, -0.2) is 9.78 Å². The number of hydrogen-bond donors (Lipinski definition) is 2. The van der Waals surface area contributed by atoms with Gasteiger partial charge in [0, 0.05) is 84.6 Å². The van der Waals surface area contributed by atoms with E-state index in [2.05, 4.69) is 56.2 Å². The van der Waals surface area contributed by atoms with Crippen LogP contribution in [0.25, 0.3) is 20.9 Å². The van der Waals surface area contributed by atoms with Gasteiger partial charge in [0.15, 0.2) is 0 Å². The number of aliphatic carboxylic acids is 1. The first-order valence-corrected chi connectivity index (χ1v) is 31.0. The summed E-state index contributed by atoms with van der Waals surface area (Å²) in [5.41, 5.74) is 20.9. The first-order valence-electron chi connectivity index (χ1n) is 29.9. The number of nitrogens with one attached hydrogen (secondary N) is 1. The van der Waals surface area contributed by atoms with Gasteiger partial charge >= 0.3 is 156 Å². The molecule has 2 atom stereocenters. The van der Waals surface area contributed by atoms with Crippen molar-refractivity contribution >= 4 is 58.1 Å². The van der Waals surface area contributed by atoms with E-state index in [1.54, 1.807) is 69.3 Å². The largest absolute Gasteiger partial charge is 1.00 e. The molecule has 95 heavy (non-hydrogen) atoms. The van der Waals surface area contributed by atoms with Crippen LogP contribution in [0.1, 0.15) is 82.2 Å². The molecular formula is C62H86BrCs2N11O19. The summed E-state index contributed by atoms with van der Waals surface area (Å²) < 4.78 is 53.8. The van der Waals surface area contributed by atoms with Gasteiger partial charge in [0.2, 0.25) is 11.8 Å². The van der Waals surface area contributed by atoms with Crippen LogP contribution in [0.15, 0.2) is 83.3 Å². The molecule has 4 aromatic rings. The number of fused-ring (bicyclic) bond motifs is 2. The molecule has 3 amide bonds. The molecule has 0 radical (unpaired) electrons. The average molecular weight is 1640 g/mol. The summed E-state index contributed by atoms with van der Waals surface area (Å²) in [6, 6.07) is 18.7. The second-order valence-corrected chi connectivity index (χ2v) is 22.0. The fraction of sp³-hybridized carbons (Fsp3) is 0.548. The minimum Gasteiger partial charge on any atom is -1.00 e. The summed E-state index contributed by atoms with van der Waals surface area (Å²) in [6.45, 7) is 11.1. The molecule has 0 bridgehead atoms. The number of carboxylic acids is 1. The third-order valence-electron chi connectivity index (χ3n) is 13.2. The molecular weight excluding hydrogens is 1550 g/mol. The number of unbranched alkanes of at least 4 members (excludes halogenated alkanes) is 1. The van der Waals surface area contributed by atoms with E-state index in [9.17, 15) is 29.1 Å². The van der Waals surface area contributed by atoms with E-state index < -0.39 is 35.5 Å². The van der Waals surface area contributed by atoms with Crippen LogP contribution in [0.2, 0.25) is 0 Å². The number of nitrogens with zero attached hydrogens (tertiary/aromatic N) is 10. The Morgan fingerprint density at radius 2 is 1.17 bits per heavy atom. The Hall–Kier alpha value is -4.44. The number of rotatable bonds is 36. The molecule has 4 heterocycles. The fourth-order valence-electron chi connectivity index (χ4n) is 8.93. The second-order valence-electron chi connectivity index (χ2n) is 21.2. The predicted octanol–water partition coefficient (Wildman–Crippen LogP) is 2.06. The number of benzene rings is 2. The molecule has 0 saturated carbocycles. The molecule has 0 fully saturated rings. The molecule has 2 aromatic carbocycles. The van der Waals surface area contributed by atoms with E-state index >= 15 is 0 Å². The number of anilines is 1. The van der Waals surface area contributed by atoms with Crippen LogP contribution in [0, 0.1) is 11.8 Å². The molecule has 0 aliphatic carbocycles. The van der Waals surface area contributed by atoms with E-state index in [-0.39, 0.29) is 183 Å². The van der Waals surface area contributed by atoms with Crippen molar-refractivity contribution in [3.05, 3.63) is 122 Å². The number of aromatic nitrogens is 2. The summed E-state index contributed by atoms with van der Waals surface area (Å²) in [5.74, 6) is 0.481. The monoisotopic (exact) mass is 1630 g/mol. The third kappa shape index (κ3) is 39.1. The average Bonchev–Trinajstić information content (AvgIpc) is 1.76. The van der Waals surface area contributed by atoms with Crippen molar-refractivity contribution < 1.29 is 231 Å². The number of alkyl halides is 1. The maximum Gasteiger partial charge on any atom is 1.00 e. The number of amides is 3. The van der Waals surface area contributed by atoms with Crippen LogP contribution in [-0.4, -0.2) is 186 Å². The quantitative estimate of drug-likeness (QED) is 0.00757. The first-order chi connectivity index (χ1) is 44.9. The van der Waals surface area contributed by atoms with Crippen LogP contribution >= 0.6 is 15.9 Å². The van der Waals surface area contributed by atoms with Crippen LogP contribution in [0.5, 0.6) is 23.0 Å². The first kappa shape index (κ1) is 88.6. The number of pyridine rings is 2. The molecule has 2 N–H and O–H groups in total. The number of azide groups is 2. The number of hydrogen-bond acceptors (Lipinski definition) is 22. The Labute approximate surface area is 681 Å². The SMILES string of the molecule is COC(=O)C[C@@H]1Cc2ccc(OCCCBr)cc2CN(CCOCCN=[N+]=[N-])C1=O.COc1ccnc(CCCCOc2ccc3c(c2)CN(CCOCCOCCOCCN=[N+]=[N-])C(=O)[C@H](CC(=O)O)C3)c1.COc1ccnc(NC(=O)OC(C)(C)C)c1.O=CO[O-].[Cs+].[Cs+].[H-]. The number of ether oxygens (including phenoxy) is 10. The van der Waals surface area contributed by atoms with Gasteiger partial charge in [0.05, 0.1) is 112 Å². The van der Waals surface area contributed by atoms with E-state index in [0.29, 0.717) is 117 Å². The minimum absolute atomic E-state index is 0. The summed E-state index contributed by atoms with van der Waals surface area (Å²) in [5, 5.41) is 28.0. The molecule has 2 aliphatic rings. The molecule has 30 nitrogen and oxygen atoms in total. The van der Waals surface area contributed by atoms with Gasteiger partial charge in [-0.05, 0) is 129 Å². The summed E-state index contributed by atoms with van der Waals surface area (Å²) in [4.78, 5) is 89.4. The minimum atomic E-state index is -0.999. The molecule has 2 aliphatic heterocycles. The summed E-state index contributed by atoms with van der Waals surface area (Å²) in [7, 11) is 4.51. The van der Waals surface area contributed by atoms with Gasteiger partial charge in [0.1, 0.15) is 34.4 Å². The zero-order valence-electron chi connectivity index (χ0n) is 56.5. The number of carbonyl (C=O) groups is 6. The standard InChI is InChI=1S/C30H41N5O8.C20H27BrN4O5.C11H16N2O3.CH2O3.2Cs.H/c1-39-27-7-8-32-26(21-27)4-2-3-11-43-28-6-5-23-18-24(20-29(36)37)30(38)35(22-25(23)19-28)10-13-41-15-17-42-16-14-40-12-9-33-34-31;1-28-19(26)13-16-11-15-3-4-18(30-8-2-5-21)12-17(15)14-25(20(16)27)7-10-29-9-6-23-24-22;1-11(2,3)16-10(14)13-9-7-8(15-4)5-6-12-9;2-1-4-3;;;/h5-8,19,21,24H,2-4,9-18,20,22H2,1H3,(H,36,37);3-4,12,16H,2,5-11,13-14H2,1H3;5-7H,1-4H3,(H,12,13,14);1,3H;;;/q;;;;2*+1;-1/p-1/t24-;16-;;;;;/m00...../s1. The molecule has 0 unspecified atom stereocenters.